The topological polar surface area (TPSA) is 55.5 Å². The normalized spacial score (nSPS) is 12.4. The Labute approximate surface area is 93.5 Å². The highest BCUT2D eigenvalue weighted by Gasteiger charge is 2.02. The molecule has 0 radical (unpaired) electrons. The molecule has 0 unspecified atom stereocenters. The molecular formula is C12H13NO3. The number of ether oxygens (including phenoxy) is 1. The largest absolute Gasteiger partial charge is 0.486 e. The molecule has 0 aliphatic heterocycles. The van der Waals surface area contributed by atoms with Crippen molar-refractivity contribution in [1.82, 2.24) is 5.16 Å². The zero-order valence-electron chi connectivity index (χ0n) is 8.96. The van der Waals surface area contributed by atoms with Gasteiger partial charge in [0.25, 0.3) is 0 Å². The maximum absolute atomic E-state index is 9.33. The van der Waals surface area contributed by atoms with E-state index in [4.69, 9.17) is 9.26 Å². The summed E-state index contributed by atoms with van der Waals surface area (Å²) in [5.74, 6) is 1.42. The standard InChI is InChI=1S/C12H13NO3/c1-9(14)10-2-4-11(5-3-10)15-8-12-6-7-13-16-12/h2-7,9,14H,8H2,1H3/t9-/m0/s1. The predicted octanol–water partition coefficient (Wildman–Crippen LogP) is 2.31. The number of hydrogen-bond donors (Lipinski definition) is 1. The van der Waals surface area contributed by atoms with Gasteiger partial charge in [0.15, 0.2) is 5.76 Å². The summed E-state index contributed by atoms with van der Waals surface area (Å²) in [6.45, 7) is 2.08. The van der Waals surface area contributed by atoms with E-state index in [9.17, 15) is 5.11 Å². The highest BCUT2D eigenvalue weighted by Crippen LogP contribution is 2.18. The van der Waals surface area contributed by atoms with E-state index in [1.54, 1.807) is 19.2 Å². The molecule has 0 bridgehead atoms. The molecule has 4 heteroatoms. The first kappa shape index (κ1) is 10.7. The van der Waals surface area contributed by atoms with E-state index >= 15 is 0 Å². The second-order valence-electron chi connectivity index (χ2n) is 3.51. The average molecular weight is 219 g/mol. The van der Waals surface area contributed by atoms with Gasteiger partial charge >= 0.3 is 0 Å². The lowest BCUT2D eigenvalue weighted by Crippen LogP contribution is -1.95. The molecule has 0 aliphatic rings. The fraction of sp³-hybridized carbons (Fsp3) is 0.250. The summed E-state index contributed by atoms with van der Waals surface area (Å²) >= 11 is 0. The van der Waals surface area contributed by atoms with Gasteiger partial charge in [-0.2, -0.15) is 0 Å². The van der Waals surface area contributed by atoms with Crippen molar-refractivity contribution in [3.63, 3.8) is 0 Å². The Morgan fingerprint density at radius 3 is 2.62 bits per heavy atom. The van der Waals surface area contributed by atoms with Crippen LogP contribution in [0.15, 0.2) is 41.1 Å². The molecule has 0 aliphatic carbocycles. The highest BCUT2D eigenvalue weighted by molar-refractivity contribution is 5.28. The van der Waals surface area contributed by atoms with Gasteiger partial charge in [-0.1, -0.05) is 17.3 Å². The average Bonchev–Trinajstić information content (AvgIpc) is 2.80. The summed E-state index contributed by atoms with van der Waals surface area (Å²) in [7, 11) is 0. The third-order valence-corrected chi connectivity index (χ3v) is 2.23. The molecular weight excluding hydrogens is 206 g/mol. The van der Waals surface area contributed by atoms with Crippen LogP contribution in [0.4, 0.5) is 0 Å². The van der Waals surface area contributed by atoms with Gasteiger partial charge in [0.2, 0.25) is 0 Å². The molecule has 0 saturated heterocycles. The van der Waals surface area contributed by atoms with Crippen LogP contribution >= 0.6 is 0 Å². The van der Waals surface area contributed by atoms with Gasteiger partial charge in [-0.25, -0.2) is 0 Å². The number of aromatic nitrogens is 1. The molecule has 1 atom stereocenters. The number of hydrogen-bond acceptors (Lipinski definition) is 4. The van der Waals surface area contributed by atoms with Crippen LogP contribution in [0.2, 0.25) is 0 Å². The van der Waals surface area contributed by atoms with Gasteiger partial charge in [-0.15, -0.1) is 0 Å². The summed E-state index contributed by atoms with van der Waals surface area (Å²) < 4.78 is 10.4. The second-order valence-corrected chi connectivity index (χ2v) is 3.51. The van der Waals surface area contributed by atoms with Crippen molar-refractivity contribution in [3.05, 3.63) is 47.9 Å². The molecule has 1 N–H and O–H groups in total. The van der Waals surface area contributed by atoms with Gasteiger partial charge in [0, 0.05) is 6.07 Å². The van der Waals surface area contributed by atoms with E-state index in [1.165, 1.54) is 0 Å². The third kappa shape index (κ3) is 2.61. The highest BCUT2D eigenvalue weighted by atomic mass is 16.5. The van der Waals surface area contributed by atoms with Gasteiger partial charge < -0.3 is 14.4 Å². The summed E-state index contributed by atoms with van der Waals surface area (Å²) in [5.41, 5.74) is 0.868. The first-order valence-electron chi connectivity index (χ1n) is 5.06. The number of aliphatic hydroxyl groups excluding tert-OH is 1. The summed E-state index contributed by atoms with van der Waals surface area (Å²) in [5, 5.41) is 12.9. The molecule has 0 spiro atoms. The van der Waals surface area contributed by atoms with Crippen molar-refractivity contribution >= 4 is 0 Å². The Bertz CT molecular complexity index is 420. The van der Waals surface area contributed by atoms with E-state index in [1.807, 2.05) is 24.3 Å². The van der Waals surface area contributed by atoms with Gasteiger partial charge in [-0.05, 0) is 24.6 Å². The Kier molecular flexibility index (Phi) is 3.22. The quantitative estimate of drug-likeness (QED) is 0.857. The molecule has 1 aromatic carbocycles. The van der Waals surface area contributed by atoms with E-state index in [0.717, 1.165) is 11.3 Å². The smallest absolute Gasteiger partial charge is 0.174 e. The van der Waals surface area contributed by atoms with Gasteiger partial charge in [0.1, 0.15) is 12.4 Å². The van der Waals surface area contributed by atoms with Crippen LogP contribution in [0.25, 0.3) is 0 Å². The Morgan fingerprint density at radius 1 is 1.31 bits per heavy atom. The van der Waals surface area contributed by atoms with Crippen molar-refractivity contribution in [2.24, 2.45) is 0 Å². The third-order valence-electron chi connectivity index (χ3n) is 2.23. The predicted molar refractivity (Wildman–Crippen MR) is 57.9 cm³/mol. The van der Waals surface area contributed by atoms with Crippen LogP contribution < -0.4 is 4.74 Å². The van der Waals surface area contributed by atoms with Crippen LogP contribution in [-0.4, -0.2) is 10.3 Å². The fourth-order valence-electron chi connectivity index (χ4n) is 1.31. The zero-order valence-corrected chi connectivity index (χ0v) is 8.96. The zero-order chi connectivity index (χ0) is 11.4. The summed E-state index contributed by atoms with van der Waals surface area (Å²) in [6, 6.07) is 9.06. The van der Waals surface area contributed by atoms with Crippen molar-refractivity contribution in [2.45, 2.75) is 19.6 Å². The molecule has 1 heterocycles. The SMILES string of the molecule is C[C@H](O)c1ccc(OCc2ccno2)cc1. The number of nitrogens with zero attached hydrogens (tertiary/aromatic N) is 1. The first-order valence-corrected chi connectivity index (χ1v) is 5.06. The molecule has 4 nitrogen and oxygen atoms in total. The number of rotatable bonds is 4. The van der Waals surface area contributed by atoms with Crippen LogP contribution in [0.5, 0.6) is 5.75 Å². The minimum atomic E-state index is -0.455. The maximum atomic E-state index is 9.33. The number of benzene rings is 1. The Morgan fingerprint density at radius 2 is 2.06 bits per heavy atom. The van der Waals surface area contributed by atoms with Gasteiger partial charge in [-0.3, -0.25) is 0 Å². The fourth-order valence-corrected chi connectivity index (χ4v) is 1.31. The Balaban J connectivity index is 1.95. The van der Waals surface area contributed by atoms with Crippen LogP contribution in [0.1, 0.15) is 24.4 Å². The first-order chi connectivity index (χ1) is 7.75. The van der Waals surface area contributed by atoms with Crippen molar-refractivity contribution in [3.8, 4) is 5.75 Å². The van der Waals surface area contributed by atoms with E-state index in [-0.39, 0.29) is 0 Å². The van der Waals surface area contributed by atoms with Crippen LogP contribution in [-0.2, 0) is 6.61 Å². The van der Waals surface area contributed by atoms with E-state index < -0.39 is 6.10 Å². The second kappa shape index (κ2) is 4.81. The summed E-state index contributed by atoms with van der Waals surface area (Å²) in [4.78, 5) is 0. The Hall–Kier alpha value is -1.81. The van der Waals surface area contributed by atoms with Crippen molar-refractivity contribution in [1.29, 1.82) is 0 Å². The molecule has 0 fully saturated rings. The van der Waals surface area contributed by atoms with Gasteiger partial charge in [0.05, 0.1) is 12.3 Å². The van der Waals surface area contributed by atoms with Crippen molar-refractivity contribution < 1.29 is 14.4 Å². The molecule has 0 amide bonds. The van der Waals surface area contributed by atoms with E-state index in [2.05, 4.69) is 5.16 Å². The molecule has 16 heavy (non-hydrogen) atoms. The minimum Gasteiger partial charge on any atom is -0.486 e. The molecule has 0 saturated carbocycles. The minimum absolute atomic E-state index is 0.355. The van der Waals surface area contributed by atoms with Crippen LogP contribution in [0, 0.1) is 0 Å². The monoisotopic (exact) mass is 219 g/mol. The van der Waals surface area contributed by atoms with Crippen LogP contribution in [0.3, 0.4) is 0 Å². The van der Waals surface area contributed by atoms with E-state index in [0.29, 0.717) is 12.4 Å². The lowest BCUT2D eigenvalue weighted by molar-refractivity contribution is 0.199. The molecule has 2 aromatic rings. The van der Waals surface area contributed by atoms with Crippen molar-refractivity contribution in [2.75, 3.05) is 0 Å². The lowest BCUT2D eigenvalue weighted by atomic mass is 10.1. The summed E-state index contributed by atoms with van der Waals surface area (Å²) in [6.07, 6.45) is 1.12. The molecule has 2 rings (SSSR count). The maximum Gasteiger partial charge on any atom is 0.174 e. The number of aliphatic hydroxyl groups is 1. The molecule has 1 aromatic heterocycles. The lowest BCUT2D eigenvalue weighted by Gasteiger charge is -2.07. The molecule has 84 valence electrons.